The summed E-state index contributed by atoms with van der Waals surface area (Å²) >= 11 is 0. The lowest BCUT2D eigenvalue weighted by atomic mass is 9.96. The molecule has 0 saturated carbocycles. The Hall–Kier alpha value is -3.48. The first kappa shape index (κ1) is 20.8. The number of aliphatic carboxylic acids is 1. The third-order valence-electron chi connectivity index (χ3n) is 5.65. The van der Waals surface area contributed by atoms with Crippen LogP contribution in [0.3, 0.4) is 0 Å². The standard InChI is InChI=1S/C25H25N3O3/c1-15-18(17-6-3-2-4-7-17)8-5-9-19(15)24-27-20-12-10-16(14-21(20)28-24)11-13-22(29)23(26)25(30)31/h2-10,12,14,22-23,29H,11,13,26H2,1H3,(H,27,28)(H,30,31)/t22-,23+/m0/s1. The number of carbonyl (C=O) groups is 1. The molecule has 4 rings (SSSR count). The maximum atomic E-state index is 10.9. The Balaban J connectivity index is 1.60. The number of nitrogens with zero attached hydrogens (tertiary/aromatic N) is 1. The summed E-state index contributed by atoms with van der Waals surface area (Å²) in [7, 11) is 0. The number of imidazole rings is 1. The monoisotopic (exact) mass is 415 g/mol. The molecule has 1 aromatic heterocycles. The third-order valence-corrected chi connectivity index (χ3v) is 5.65. The molecule has 0 bridgehead atoms. The molecule has 0 spiro atoms. The van der Waals surface area contributed by atoms with Gasteiger partial charge in [-0.25, -0.2) is 4.98 Å². The van der Waals surface area contributed by atoms with Crippen molar-refractivity contribution in [1.29, 1.82) is 0 Å². The maximum absolute atomic E-state index is 10.9. The highest BCUT2D eigenvalue weighted by Gasteiger charge is 2.21. The average Bonchev–Trinajstić information content (AvgIpc) is 3.20. The normalized spacial score (nSPS) is 13.3. The largest absolute Gasteiger partial charge is 0.480 e. The molecule has 0 amide bonds. The van der Waals surface area contributed by atoms with Gasteiger partial charge in [0.05, 0.1) is 17.1 Å². The number of rotatable bonds is 7. The van der Waals surface area contributed by atoms with Crippen LogP contribution < -0.4 is 5.73 Å². The molecule has 158 valence electrons. The molecule has 0 fully saturated rings. The Kier molecular flexibility index (Phi) is 5.84. The molecule has 1 heterocycles. The molecule has 0 aliphatic heterocycles. The first-order valence-electron chi connectivity index (χ1n) is 10.2. The number of aliphatic hydroxyl groups is 1. The predicted octanol–water partition coefficient (Wildman–Crippen LogP) is 3.91. The Labute approximate surface area is 180 Å². The lowest BCUT2D eigenvalue weighted by molar-refractivity contribution is -0.141. The van der Waals surface area contributed by atoms with Crippen molar-refractivity contribution in [2.45, 2.75) is 31.9 Å². The Morgan fingerprint density at radius 1 is 1.06 bits per heavy atom. The molecule has 0 unspecified atom stereocenters. The zero-order valence-electron chi connectivity index (χ0n) is 17.2. The van der Waals surface area contributed by atoms with E-state index in [-0.39, 0.29) is 6.42 Å². The van der Waals surface area contributed by atoms with E-state index in [1.165, 1.54) is 11.1 Å². The number of benzene rings is 3. The Bertz CT molecular complexity index is 1220. The van der Waals surface area contributed by atoms with E-state index in [9.17, 15) is 9.90 Å². The summed E-state index contributed by atoms with van der Waals surface area (Å²) in [6, 6.07) is 21.1. The lowest BCUT2D eigenvalue weighted by Crippen LogP contribution is -2.41. The van der Waals surface area contributed by atoms with Gasteiger partial charge in [0.15, 0.2) is 0 Å². The van der Waals surface area contributed by atoms with Crippen LogP contribution in [0.4, 0.5) is 0 Å². The van der Waals surface area contributed by atoms with Gasteiger partial charge in [-0.2, -0.15) is 0 Å². The van der Waals surface area contributed by atoms with Crippen LogP contribution in [0.25, 0.3) is 33.5 Å². The number of nitrogens with two attached hydrogens (primary N) is 1. The minimum atomic E-state index is -1.28. The van der Waals surface area contributed by atoms with E-state index < -0.39 is 18.1 Å². The molecule has 6 nitrogen and oxygen atoms in total. The fraction of sp³-hybridized carbons (Fsp3) is 0.200. The number of aliphatic hydroxyl groups excluding tert-OH is 1. The van der Waals surface area contributed by atoms with Crippen molar-refractivity contribution in [2.24, 2.45) is 5.73 Å². The van der Waals surface area contributed by atoms with Crippen LogP contribution >= 0.6 is 0 Å². The topological polar surface area (TPSA) is 112 Å². The molecule has 0 saturated heterocycles. The molecule has 4 aromatic rings. The summed E-state index contributed by atoms with van der Waals surface area (Å²) in [6.45, 7) is 2.10. The summed E-state index contributed by atoms with van der Waals surface area (Å²) in [5.41, 5.74) is 12.7. The van der Waals surface area contributed by atoms with Crippen molar-refractivity contribution >= 4 is 17.0 Å². The van der Waals surface area contributed by atoms with Gasteiger partial charge in [-0.3, -0.25) is 4.79 Å². The zero-order valence-corrected chi connectivity index (χ0v) is 17.2. The fourth-order valence-corrected chi connectivity index (χ4v) is 3.82. The first-order valence-corrected chi connectivity index (χ1v) is 10.2. The van der Waals surface area contributed by atoms with Gasteiger partial charge in [0.1, 0.15) is 11.9 Å². The van der Waals surface area contributed by atoms with E-state index in [1.807, 2.05) is 42.5 Å². The van der Waals surface area contributed by atoms with Gasteiger partial charge < -0.3 is 20.9 Å². The molecule has 3 aromatic carbocycles. The van der Waals surface area contributed by atoms with Gasteiger partial charge in [-0.1, -0.05) is 54.6 Å². The molecule has 0 aliphatic carbocycles. The molecule has 6 heteroatoms. The van der Waals surface area contributed by atoms with Crippen LogP contribution in [0.1, 0.15) is 17.5 Å². The van der Waals surface area contributed by atoms with Gasteiger partial charge in [-0.15, -0.1) is 0 Å². The van der Waals surface area contributed by atoms with Crippen LogP contribution in [-0.2, 0) is 11.2 Å². The lowest BCUT2D eigenvalue weighted by Gasteiger charge is -2.14. The van der Waals surface area contributed by atoms with Gasteiger partial charge >= 0.3 is 5.97 Å². The minimum absolute atomic E-state index is 0.276. The molecule has 31 heavy (non-hydrogen) atoms. The highest BCUT2D eigenvalue weighted by atomic mass is 16.4. The van der Waals surface area contributed by atoms with E-state index in [2.05, 4.69) is 36.2 Å². The second kappa shape index (κ2) is 8.71. The number of carboxylic acids is 1. The van der Waals surface area contributed by atoms with Crippen LogP contribution in [0.5, 0.6) is 0 Å². The number of carboxylic acid groups (broad SMARTS) is 1. The van der Waals surface area contributed by atoms with E-state index in [1.54, 1.807) is 0 Å². The van der Waals surface area contributed by atoms with Crippen molar-refractivity contribution in [3.05, 3.63) is 77.9 Å². The van der Waals surface area contributed by atoms with Crippen LogP contribution in [-0.4, -0.2) is 38.3 Å². The van der Waals surface area contributed by atoms with Gasteiger partial charge in [0, 0.05) is 5.56 Å². The SMILES string of the molecule is Cc1c(-c2ccccc2)cccc1-c1nc2ccc(CC[C@H](O)[C@@H](N)C(=O)O)cc2[nH]1. The summed E-state index contributed by atoms with van der Waals surface area (Å²) in [5, 5.41) is 18.9. The second-order valence-corrected chi connectivity index (χ2v) is 7.75. The second-order valence-electron chi connectivity index (χ2n) is 7.75. The summed E-state index contributed by atoms with van der Waals surface area (Å²) in [4.78, 5) is 19.1. The number of nitrogens with one attached hydrogen (secondary N) is 1. The molecular formula is C25H25N3O3. The smallest absolute Gasteiger partial charge is 0.323 e. The average molecular weight is 415 g/mol. The van der Waals surface area contributed by atoms with E-state index in [4.69, 9.17) is 15.8 Å². The number of hydrogen-bond acceptors (Lipinski definition) is 4. The van der Waals surface area contributed by atoms with Gasteiger partial charge in [0.2, 0.25) is 0 Å². The highest BCUT2D eigenvalue weighted by molar-refractivity contribution is 5.83. The summed E-state index contributed by atoms with van der Waals surface area (Å²) in [6.07, 6.45) is -0.290. The molecular weight excluding hydrogens is 390 g/mol. The van der Waals surface area contributed by atoms with Gasteiger partial charge in [-0.05, 0) is 54.2 Å². The van der Waals surface area contributed by atoms with Crippen molar-refractivity contribution in [2.75, 3.05) is 0 Å². The Morgan fingerprint density at radius 2 is 1.81 bits per heavy atom. The van der Waals surface area contributed by atoms with Crippen LogP contribution in [0.2, 0.25) is 0 Å². The minimum Gasteiger partial charge on any atom is -0.480 e. The van der Waals surface area contributed by atoms with Crippen LogP contribution in [0, 0.1) is 6.92 Å². The third kappa shape index (κ3) is 4.35. The van der Waals surface area contributed by atoms with Gasteiger partial charge in [0.25, 0.3) is 0 Å². The number of fused-ring (bicyclic) bond motifs is 1. The number of aromatic amines is 1. The molecule has 2 atom stereocenters. The predicted molar refractivity (Wildman–Crippen MR) is 122 cm³/mol. The summed E-state index contributed by atoms with van der Waals surface area (Å²) < 4.78 is 0. The first-order chi connectivity index (χ1) is 14.9. The molecule has 0 aliphatic rings. The van der Waals surface area contributed by atoms with Crippen molar-refractivity contribution in [1.82, 2.24) is 9.97 Å². The molecule has 0 radical (unpaired) electrons. The van der Waals surface area contributed by atoms with Crippen molar-refractivity contribution in [3.63, 3.8) is 0 Å². The van der Waals surface area contributed by atoms with Crippen molar-refractivity contribution < 1.29 is 15.0 Å². The van der Waals surface area contributed by atoms with E-state index in [0.717, 1.165) is 33.5 Å². The van der Waals surface area contributed by atoms with Crippen molar-refractivity contribution in [3.8, 4) is 22.5 Å². The van der Waals surface area contributed by atoms with E-state index in [0.29, 0.717) is 6.42 Å². The number of aryl methyl sites for hydroxylation is 1. The summed E-state index contributed by atoms with van der Waals surface area (Å²) in [5.74, 6) is -0.398. The van der Waals surface area contributed by atoms with Crippen LogP contribution in [0.15, 0.2) is 66.7 Å². The fourth-order valence-electron chi connectivity index (χ4n) is 3.82. The number of H-pyrrole nitrogens is 1. The number of aromatic nitrogens is 2. The molecule has 5 N–H and O–H groups in total. The van der Waals surface area contributed by atoms with E-state index >= 15 is 0 Å². The maximum Gasteiger partial charge on any atom is 0.323 e. The Morgan fingerprint density at radius 3 is 2.55 bits per heavy atom. The highest BCUT2D eigenvalue weighted by Crippen LogP contribution is 2.31. The quantitative estimate of drug-likeness (QED) is 0.366. The number of hydrogen-bond donors (Lipinski definition) is 4. The zero-order chi connectivity index (χ0) is 22.0.